The third-order valence-electron chi connectivity index (χ3n) is 15.0. The van der Waals surface area contributed by atoms with Gasteiger partial charge in [-0.15, -0.1) is 0 Å². The van der Waals surface area contributed by atoms with Crippen LogP contribution in [-0.2, 0) is 14.3 Å². The van der Waals surface area contributed by atoms with E-state index in [0.717, 1.165) is 38.5 Å². The van der Waals surface area contributed by atoms with Crippen LogP contribution in [0.5, 0.6) is 0 Å². The summed E-state index contributed by atoms with van der Waals surface area (Å²) >= 11 is 0. The maximum absolute atomic E-state index is 13.1. The summed E-state index contributed by atoms with van der Waals surface area (Å²) in [5.41, 5.74) is 0. The zero-order chi connectivity index (χ0) is 51.5. The zero-order valence-corrected chi connectivity index (χ0v) is 46.8. The van der Waals surface area contributed by atoms with Gasteiger partial charge in [-0.25, -0.2) is 0 Å². The summed E-state index contributed by atoms with van der Waals surface area (Å²) in [5.74, 6) is -0.172. The molecule has 0 spiro atoms. The average molecular weight is 1010 g/mol. The lowest BCUT2D eigenvalue weighted by molar-refractivity contribution is -0.302. The van der Waals surface area contributed by atoms with E-state index in [1.54, 1.807) is 6.08 Å². The van der Waals surface area contributed by atoms with Crippen LogP contribution in [0.2, 0.25) is 0 Å². The summed E-state index contributed by atoms with van der Waals surface area (Å²) in [6.07, 6.45) is 59.8. The second-order valence-electron chi connectivity index (χ2n) is 21.9. The molecule has 1 amide bonds. The molecule has 1 saturated heterocycles. The maximum Gasteiger partial charge on any atom is 0.220 e. The minimum atomic E-state index is -1.56. The smallest absolute Gasteiger partial charge is 0.220 e. The molecule has 1 heterocycles. The van der Waals surface area contributed by atoms with E-state index >= 15 is 0 Å². The van der Waals surface area contributed by atoms with Crippen molar-refractivity contribution in [3.63, 3.8) is 0 Å². The zero-order valence-electron chi connectivity index (χ0n) is 46.8. The van der Waals surface area contributed by atoms with E-state index in [-0.39, 0.29) is 12.5 Å². The van der Waals surface area contributed by atoms with Crippen molar-refractivity contribution in [2.45, 2.75) is 352 Å². The number of ether oxygens (including phenoxy) is 2. The van der Waals surface area contributed by atoms with Crippen LogP contribution in [-0.4, -0.2) is 87.5 Å². The highest BCUT2D eigenvalue weighted by atomic mass is 16.7. The quantitative estimate of drug-likeness (QED) is 0.0261. The van der Waals surface area contributed by atoms with Gasteiger partial charge in [0.05, 0.1) is 25.4 Å². The highest BCUT2D eigenvalue weighted by Crippen LogP contribution is 2.23. The average Bonchev–Trinajstić information content (AvgIpc) is 3.37. The number of nitrogens with one attached hydrogen (secondary N) is 1. The predicted octanol–water partition coefficient (Wildman–Crippen LogP) is 15.7. The van der Waals surface area contributed by atoms with Gasteiger partial charge in [-0.2, -0.15) is 0 Å². The third kappa shape index (κ3) is 41.6. The molecule has 0 saturated carbocycles. The van der Waals surface area contributed by atoms with Crippen molar-refractivity contribution in [1.29, 1.82) is 0 Å². The summed E-state index contributed by atoms with van der Waals surface area (Å²) in [5, 5.41) is 54.5. The number of rotatable bonds is 54. The summed E-state index contributed by atoms with van der Waals surface area (Å²) in [6.45, 7) is 3.81. The molecule has 6 N–H and O–H groups in total. The number of unbranched alkanes of at least 4 members (excludes halogenated alkanes) is 42. The topological polar surface area (TPSA) is 149 Å². The van der Waals surface area contributed by atoms with Gasteiger partial charge in [0.15, 0.2) is 6.29 Å². The largest absolute Gasteiger partial charge is 0.394 e. The monoisotopic (exact) mass is 1010 g/mol. The van der Waals surface area contributed by atoms with E-state index in [0.29, 0.717) is 6.42 Å². The van der Waals surface area contributed by atoms with Crippen LogP contribution in [0.4, 0.5) is 0 Å². The fourth-order valence-electron chi connectivity index (χ4n) is 10.1. The number of carbonyl (C=O) groups excluding carboxylic acids is 1. The van der Waals surface area contributed by atoms with Crippen molar-refractivity contribution in [2.75, 3.05) is 13.2 Å². The SMILES string of the molecule is CCCCCCCCCCCCCC/C=C\CCCCCCCCCCCCCCCCCCCC(=O)NC(COC1OC(CO)C(O)C(O)C1O)C(O)/C=C/CCCCCCCCCCCCCCC. The van der Waals surface area contributed by atoms with Crippen LogP contribution < -0.4 is 5.32 Å². The van der Waals surface area contributed by atoms with Crippen LogP contribution in [0.1, 0.15) is 309 Å². The number of allylic oxidation sites excluding steroid dienone is 3. The van der Waals surface area contributed by atoms with Crippen molar-refractivity contribution in [2.24, 2.45) is 0 Å². The molecule has 0 aromatic heterocycles. The Morgan fingerprint density at radius 3 is 1.14 bits per heavy atom. The van der Waals surface area contributed by atoms with E-state index in [2.05, 4.69) is 31.3 Å². The number of amides is 1. The molecule has 0 bridgehead atoms. The molecule has 1 aliphatic heterocycles. The first-order valence-electron chi connectivity index (χ1n) is 31.1. The highest BCUT2D eigenvalue weighted by Gasteiger charge is 2.44. The normalized spacial score (nSPS) is 19.3. The Balaban J connectivity index is 2.10. The molecule has 420 valence electrons. The van der Waals surface area contributed by atoms with Crippen molar-refractivity contribution in [3.05, 3.63) is 24.3 Å². The van der Waals surface area contributed by atoms with E-state index in [1.165, 1.54) is 250 Å². The van der Waals surface area contributed by atoms with Crippen LogP contribution in [0.15, 0.2) is 24.3 Å². The number of aliphatic hydroxyl groups excluding tert-OH is 5. The Morgan fingerprint density at radius 2 is 0.789 bits per heavy atom. The Labute approximate surface area is 439 Å². The van der Waals surface area contributed by atoms with Gasteiger partial charge in [0.2, 0.25) is 5.91 Å². The molecule has 9 heteroatoms. The Morgan fingerprint density at radius 1 is 0.465 bits per heavy atom. The van der Waals surface area contributed by atoms with Gasteiger partial charge in [0, 0.05) is 6.42 Å². The molecule has 7 unspecified atom stereocenters. The van der Waals surface area contributed by atoms with Crippen LogP contribution >= 0.6 is 0 Å². The summed E-state index contributed by atoms with van der Waals surface area (Å²) in [4.78, 5) is 13.1. The Kier molecular flexibility index (Phi) is 49.7. The number of hydrogen-bond donors (Lipinski definition) is 6. The van der Waals surface area contributed by atoms with Crippen LogP contribution in [0, 0.1) is 0 Å². The van der Waals surface area contributed by atoms with E-state index in [4.69, 9.17) is 9.47 Å². The first-order valence-corrected chi connectivity index (χ1v) is 31.1. The molecule has 1 rings (SSSR count). The summed E-state index contributed by atoms with van der Waals surface area (Å²) < 4.78 is 11.3. The lowest BCUT2D eigenvalue weighted by Crippen LogP contribution is -2.60. The highest BCUT2D eigenvalue weighted by molar-refractivity contribution is 5.76. The Hall–Kier alpha value is -1.33. The van der Waals surface area contributed by atoms with Crippen molar-refractivity contribution < 1.29 is 39.8 Å². The molecule has 0 aliphatic carbocycles. The fraction of sp³-hybridized carbons (Fsp3) is 0.919. The van der Waals surface area contributed by atoms with Crippen molar-refractivity contribution in [1.82, 2.24) is 5.32 Å². The second-order valence-corrected chi connectivity index (χ2v) is 21.9. The molecule has 0 aromatic carbocycles. The minimum absolute atomic E-state index is 0.172. The first-order chi connectivity index (χ1) is 34.8. The summed E-state index contributed by atoms with van der Waals surface area (Å²) in [7, 11) is 0. The molecular formula is C62H119NO8. The Bertz CT molecular complexity index is 1170. The molecule has 1 fully saturated rings. The molecular weight excluding hydrogens is 887 g/mol. The van der Waals surface area contributed by atoms with Crippen LogP contribution in [0.25, 0.3) is 0 Å². The second kappa shape index (κ2) is 52.1. The van der Waals surface area contributed by atoms with Gasteiger partial charge < -0.3 is 40.3 Å². The molecule has 1 aliphatic rings. The van der Waals surface area contributed by atoms with Gasteiger partial charge in [0.1, 0.15) is 24.4 Å². The first kappa shape index (κ1) is 67.7. The molecule has 0 radical (unpaired) electrons. The van der Waals surface area contributed by atoms with Gasteiger partial charge in [-0.3, -0.25) is 4.79 Å². The van der Waals surface area contributed by atoms with Crippen LogP contribution in [0.3, 0.4) is 0 Å². The maximum atomic E-state index is 13.1. The standard InChI is InChI=1S/C62H119NO8/c1-3-5-7-9-11-13-15-17-19-20-21-22-23-24-25-26-27-28-29-30-31-32-33-34-35-36-38-40-42-44-46-48-50-52-58(66)63-55(54-70-62-61(69)60(68)59(67)57(53-64)71-62)56(65)51-49-47-45-43-41-39-37-18-16-14-12-10-8-6-4-2/h24-25,49,51,55-57,59-62,64-65,67-69H,3-23,26-48,50,52-54H2,1-2H3,(H,63,66)/b25-24-,51-49+. The van der Waals surface area contributed by atoms with E-state index in [1.807, 2.05) is 6.08 Å². The van der Waals surface area contributed by atoms with Gasteiger partial charge in [-0.05, 0) is 44.9 Å². The lowest BCUT2D eigenvalue weighted by atomic mass is 9.99. The predicted molar refractivity (Wildman–Crippen MR) is 300 cm³/mol. The van der Waals surface area contributed by atoms with E-state index < -0.39 is 49.5 Å². The molecule has 9 nitrogen and oxygen atoms in total. The van der Waals surface area contributed by atoms with Gasteiger partial charge in [0.25, 0.3) is 0 Å². The number of aliphatic hydroxyl groups is 5. The van der Waals surface area contributed by atoms with Crippen molar-refractivity contribution >= 4 is 5.91 Å². The number of hydrogen-bond acceptors (Lipinski definition) is 8. The number of carbonyl (C=O) groups is 1. The fourth-order valence-corrected chi connectivity index (χ4v) is 10.1. The molecule has 7 atom stereocenters. The third-order valence-corrected chi connectivity index (χ3v) is 15.0. The van der Waals surface area contributed by atoms with Crippen molar-refractivity contribution in [3.8, 4) is 0 Å². The van der Waals surface area contributed by atoms with Gasteiger partial charge in [-0.1, -0.05) is 282 Å². The van der Waals surface area contributed by atoms with E-state index in [9.17, 15) is 30.3 Å². The lowest BCUT2D eigenvalue weighted by Gasteiger charge is -2.40. The van der Waals surface area contributed by atoms with Gasteiger partial charge >= 0.3 is 0 Å². The molecule has 71 heavy (non-hydrogen) atoms. The summed E-state index contributed by atoms with van der Waals surface area (Å²) in [6, 6.07) is -0.802. The molecule has 0 aromatic rings. The minimum Gasteiger partial charge on any atom is -0.394 e.